The van der Waals surface area contributed by atoms with Crippen LogP contribution >= 0.6 is 23.2 Å². The zero-order valence-corrected chi connectivity index (χ0v) is 25.2. The molecule has 0 N–H and O–H groups in total. The molecule has 0 spiro atoms. The number of hydrogen-bond donors (Lipinski definition) is 0. The van der Waals surface area contributed by atoms with Crippen molar-refractivity contribution in [3.63, 3.8) is 0 Å². The summed E-state index contributed by atoms with van der Waals surface area (Å²) in [6.07, 6.45) is 0. The first-order valence-electron chi connectivity index (χ1n) is 13.9. The van der Waals surface area contributed by atoms with Crippen molar-refractivity contribution in [2.45, 2.75) is 0 Å². The summed E-state index contributed by atoms with van der Waals surface area (Å²) in [7, 11) is 0. The summed E-state index contributed by atoms with van der Waals surface area (Å²) in [4.78, 5) is 25.9. The van der Waals surface area contributed by atoms with E-state index >= 15 is 0 Å². The van der Waals surface area contributed by atoms with Crippen molar-refractivity contribution in [2.75, 3.05) is 0 Å². The van der Waals surface area contributed by atoms with E-state index in [9.17, 15) is 9.59 Å². The zero-order valence-electron chi connectivity index (χ0n) is 23.7. The maximum absolute atomic E-state index is 13.1. The lowest BCUT2D eigenvalue weighted by molar-refractivity contribution is 0.103. The Kier molecular flexibility index (Phi) is 8.92. The van der Waals surface area contributed by atoms with Gasteiger partial charge in [0.05, 0.1) is 5.02 Å². The Balaban J connectivity index is 1.04. The topological polar surface area (TPSA) is 61.8 Å². The van der Waals surface area contributed by atoms with E-state index in [1.54, 1.807) is 91.0 Å². The van der Waals surface area contributed by atoms with Crippen molar-refractivity contribution in [1.29, 1.82) is 0 Å². The maximum Gasteiger partial charge on any atom is 0.194 e. The molecule has 5 nitrogen and oxygen atoms in total. The van der Waals surface area contributed by atoms with Crippen molar-refractivity contribution < 1.29 is 23.8 Å². The average molecular weight is 632 g/mol. The van der Waals surface area contributed by atoms with E-state index in [1.807, 2.05) is 54.6 Å². The summed E-state index contributed by atoms with van der Waals surface area (Å²) in [5, 5.41) is 0.767. The molecule has 0 bridgehead atoms. The summed E-state index contributed by atoms with van der Waals surface area (Å²) >= 11 is 12.2. The third-order valence-corrected chi connectivity index (χ3v) is 7.36. The lowest BCUT2D eigenvalue weighted by Crippen LogP contribution is -2.02. The fourth-order valence-corrected chi connectivity index (χ4v) is 4.86. The number of halogens is 2. The van der Waals surface area contributed by atoms with Crippen LogP contribution < -0.4 is 14.2 Å². The van der Waals surface area contributed by atoms with Gasteiger partial charge in [0.25, 0.3) is 0 Å². The predicted octanol–water partition coefficient (Wildman–Crippen LogP) is 10.8. The van der Waals surface area contributed by atoms with Gasteiger partial charge in [-0.05, 0) is 127 Å². The number of hydrogen-bond acceptors (Lipinski definition) is 5. The molecule has 6 aromatic carbocycles. The molecule has 0 aliphatic rings. The largest absolute Gasteiger partial charge is 0.457 e. The van der Waals surface area contributed by atoms with Gasteiger partial charge in [-0.25, -0.2) is 0 Å². The van der Waals surface area contributed by atoms with E-state index < -0.39 is 0 Å². The van der Waals surface area contributed by atoms with Crippen molar-refractivity contribution in [1.82, 2.24) is 0 Å². The van der Waals surface area contributed by atoms with Gasteiger partial charge in [0.15, 0.2) is 11.6 Å². The van der Waals surface area contributed by atoms with Crippen LogP contribution in [-0.4, -0.2) is 11.6 Å². The van der Waals surface area contributed by atoms with Crippen molar-refractivity contribution in [3.8, 4) is 34.5 Å². The quantitative estimate of drug-likeness (QED) is 0.141. The summed E-state index contributed by atoms with van der Waals surface area (Å²) < 4.78 is 17.7. The number of carbonyl (C=O) groups is 2. The number of para-hydroxylation sites is 1. The highest BCUT2D eigenvalue weighted by Crippen LogP contribution is 2.29. The third kappa shape index (κ3) is 7.42. The Morgan fingerprint density at radius 2 is 0.756 bits per heavy atom. The highest BCUT2D eigenvalue weighted by atomic mass is 35.5. The first-order chi connectivity index (χ1) is 21.9. The smallest absolute Gasteiger partial charge is 0.194 e. The van der Waals surface area contributed by atoms with Gasteiger partial charge in [-0.1, -0.05) is 41.4 Å². The van der Waals surface area contributed by atoms with E-state index in [0.717, 1.165) is 5.75 Å². The summed E-state index contributed by atoms with van der Waals surface area (Å²) in [5.74, 6) is 3.44. The predicted molar refractivity (Wildman–Crippen MR) is 176 cm³/mol. The van der Waals surface area contributed by atoms with Gasteiger partial charge >= 0.3 is 0 Å². The van der Waals surface area contributed by atoms with Crippen LogP contribution in [0.5, 0.6) is 34.5 Å². The molecule has 0 aromatic heterocycles. The number of benzene rings is 6. The van der Waals surface area contributed by atoms with Gasteiger partial charge in [0.1, 0.15) is 34.5 Å². The fraction of sp³-hybridized carbons (Fsp3) is 0. The Bertz CT molecular complexity index is 1940. The minimum Gasteiger partial charge on any atom is -0.457 e. The summed E-state index contributed by atoms with van der Waals surface area (Å²) in [5.41, 5.74) is 1.84. The zero-order chi connectivity index (χ0) is 31.2. The SMILES string of the molecule is O=C(c1ccc(Oc2ccc(Oc3ccccc3)cc2)cc1)c1ccc(Oc2ccc(C(=O)c3cc(Cl)ccc3Cl)cc2)cc1. The van der Waals surface area contributed by atoms with Crippen LogP contribution in [-0.2, 0) is 0 Å². The standard InChI is InChI=1S/C38H24Cl2O5/c39-28-12-23-36(40)35(24-28)38(42)27-10-17-32(18-11-27)44-30-13-6-25(7-14-30)37(41)26-8-15-31(16-9-26)45-34-21-19-33(20-22-34)43-29-4-2-1-3-5-29/h1-24H. The second-order valence-electron chi connectivity index (χ2n) is 9.95. The molecule has 0 saturated heterocycles. The van der Waals surface area contributed by atoms with Crippen LogP contribution in [0.4, 0.5) is 0 Å². The minimum absolute atomic E-state index is 0.127. The molecular formula is C38H24Cl2O5. The van der Waals surface area contributed by atoms with E-state index in [-0.39, 0.29) is 11.6 Å². The van der Waals surface area contributed by atoms with Crippen molar-refractivity contribution >= 4 is 34.8 Å². The average Bonchev–Trinajstić information content (AvgIpc) is 3.08. The van der Waals surface area contributed by atoms with Gasteiger partial charge in [0, 0.05) is 27.3 Å². The number of rotatable bonds is 10. The van der Waals surface area contributed by atoms with E-state index in [2.05, 4.69) is 0 Å². The van der Waals surface area contributed by atoms with Crippen LogP contribution in [0, 0.1) is 0 Å². The molecule has 7 heteroatoms. The van der Waals surface area contributed by atoms with Crippen LogP contribution in [0.1, 0.15) is 31.8 Å². The van der Waals surface area contributed by atoms with E-state index in [1.165, 1.54) is 0 Å². The van der Waals surface area contributed by atoms with Gasteiger partial charge in [-0.15, -0.1) is 0 Å². The Morgan fingerprint density at radius 3 is 1.18 bits per heavy atom. The number of ether oxygens (including phenoxy) is 3. The molecule has 6 rings (SSSR count). The van der Waals surface area contributed by atoms with Gasteiger partial charge < -0.3 is 14.2 Å². The lowest BCUT2D eigenvalue weighted by Gasteiger charge is -2.09. The van der Waals surface area contributed by atoms with Gasteiger partial charge in [-0.3, -0.25) is 9.59 Å². The van der Waals surface area contributed by atoms with Crippen LogP contribution in [0.2, 0.25) is 10.0 Å². The molecule has 0 unspecified atom stereocenters. The van der Waals surface area contributed by atoms with Gasteiger partial charge in [-0.2, -0.15) is 0 Å². The molecule has 0 heterocycles. The molecule has 6 aromatic rings. The molecule has 220 valence electrons. The van der Waals surface area contributed by atoms with Gasteiger partial charge in [0.2, 0.25) is 0 Å². The second kappa shape index (κ2) is 13.5. The molecular weight excluding hydrogens is 607 g/mol. The van der Waals surface area contributed by atoms with Crippen molar-refractivity contribution in [3.05, 3.63) is 178 Å². The molecule has 45 heavy (non-hydrogen) atoms. The second-order valence-corrected chi connectivity index (χ2v) is 10.8. The molecule has 0 saturated carbocycles. The van der Waals surface area contributed by atoms with Crippen molar-refractivity contribution in [2.24, 2.45) is 0 Å². The number of carbonyl (C=O) groups excluding carboxylic acids is 2. The minimum atomic E-state index is -0.236. The normalized spacial score (nSPS) is 10.6. The van der Waals surface area contributed by atoms with Crippen LogP contribution in [0.25, 0.3) is 0 Å². The summed E-state index contributed by atoms with van der Waals surface area (Å²) in [6.45, 7) is 0. The molecule has 0 amide bonds. The van der Waals surface area contributed by atoms with E-state index in [4.69, 9.17) is 37.4 Å². The monoisotopic (exact) mass is 630 g/mol. The molecule has 0 aliphatic carbocycles. The van der Waals surface area contributed by atoms with E-state index in [0.29, 0.717) is 61.0 Å². The Morgan fingerprint density at radius 1 is 0.400 bits per heavy atom. The number of ketones is 2. The molecule has 0 aliphatic heterocycles. The highest BCUT2D eigenvalue weighted by Gasteiger charge is 2.14. The summed E-state index contributed by atoms with van der Waals surface area (Å²) in [6, 6.07) is 42.2. The fourth-order valence-electron chi connectivity index (χ4n) is 4.49. The van der Waals surface area contributed by atoms with Crippen LogP contribution in [0.3, 0.4) is 0 Å². The first kappa shape index (κ1) is 29.7. The highest BCUT2D eigenvalue weighted by molar-refractivity contribution is 6.36. The molecule has 0 atom stereocenters. The Labute approximate surface area is 270 Å². The molecule has 0 radical (unpaired) electrons. The third-order valence-electron chi connectivity index (χ3n) is 6.80. The first-order valence-corrected chi connectivity index (χ1v) is 14.7. The lowest BCUT2D eigenvalue weighted by atomic mass is 10.0. The van der Waals surface area contributed by atoms with Crippen LogP contribution in [0.15, 0.2) is 146 Å². The maximum atomic E-state index is 13.1. The molecule has 0 fully saturated rings. The Hall–Kier alpha value is -5.36.